The highest BCUT2D eigenvalue weighted by Crippen LogP contribution is 2.21. The lowest BCUT2D eigenvalue weighted by Gasteiger charge is -2.11. The Labute approximate surface area is 122 Å². The van der Waals surface area contributed by atoms with Gasteiger partial charge in [0.2, 0.25) is 11.8 Å². The van der Waals surface area contributed by atoms with E-state index in [1.54, 1.807) is 0 Å². The molecule has 0 fully saturated rings. The number of hydrogen-bond acceptors (Lipinski definition) is 4. The number of aromatic carboxylic acids is 1. The summed E-state index contributed by atoms with van der Waals surface area (Å²) in [4.78, 5) is 33.8. The molecule has 0 aliphatic heterocycles. The molecule has 3 N–H and O–H groups in total. The standard InChI is InChI=1S/C14H18N2O5/c1-3-6-21-8-13(18)16-12-5-4-10(15-9(2)17)7-11(12)14(19)20/h4-5,7H,3,6,8H2,1-2H3,(H,15,17)(H,16,18)(H,19,20). The fraction of sp³-hybridized carbons (Fsp3) is 0.357. The Bertz CT molecular complexity index is 542. The molecule has 0 spiro atoms. The van der Waals surface area contributed by atoms with Crippen LogP contribution in [0.5, 0.6) is 0 Å². The highest BCUT2D eigenvalue weighted by Gasteiger charge is 2.14. The molecule has 0 radical (unpaired) electrons. The van der Waals surface area contributed by atoms with Gasteiger partial charge in [-0.1, -0.05) is 6.92 Å². The van der Waals surface area contributed by atoms with Gasteiger partial charge in [-0.2, -0.15) is 0 Å². The molecule has 0 saturated carbocycles. The van der Waals surface area contributed by atoms with E-state index in [2.05, 4.69) is 10.6 Å². The maximum atomic E-state index is 11.6. The number of hydrogen-bond donors (Lipinski definition) is 3. The molecule has 0 aromatic heterocycles. The summed E-state index contributed by atoms with van der Waals surface area (Å²) in [6, 6.07) is 4.22. The Morgan fingerprint density at radius 2 is 1.95 bits per heavy atom. The van der Waals surface area contributed by atoms with E-state index in [0.717, 1.165) is 6.42 Å². The van der Waals surface area contributed by atoms with Crippen LogP contribution in [-0.2, 0) is 14.3 Å². The third kappa shape index (κ3) is 5.62. The maximum Gasteiger partial charge on any atom is 0.337 e. The van der Waals surface area contributed by atoms with Gasteiger partial charge in [-0.05, 0) is 24.6 Å². The van der Waals surface area contributed by atoms with Gasteiger partial charge in [-0.25, -0.2) is 4.79 Å². The zero-order valence-electron chi connectivity index (χ0n) is 11.9. The summed E-state index contributed by atoms with van der Waals surface area (Å²) in [6.07, 6.45) is 0.791. The molecular formula is C14H18N2O5. The molecule has 2 amide bonds. The van der Waals surface area contributed by atoms with Crippen molar-refractivity contribution >= 4 is 29.2 Å². The third-order valence-corrected chi connectivity index (χ3v) is 2.43. The molecule has 1 aromatic carbocycles. The van der Waals surface area contributed by atoms with Gasteiger partial charge >= 0.3 is 5.97 Å². The fourth-order valence-electron chi connectivity index (χ4n) is 1.61. The van der Waals surface area contributed by atoms with Crippen molar-refractivity contribution in [2.45, 2.75) is 20.3 Å². The molecule has 1 aromatic rings. The zero-order valence-corrected chi connectivity index (χ0v) is 11.9. The summed E-state index contributed by atoms with van der Waals surface area (Å²) in [5.41, 5.74) is 0.395. The summed E-state index contributed by atoms with van der Waals surface area (Å²) < 4.78 is 5.08. The van der Waals surface area contributed by atoms with Crippen LogP contribution in [-0.4, -0.2) is 36.1 Å². The van der Waals surface area contributed by atoms with Gasteiger partial charge in [0, 0.05) is 19.2 Å². The number of ether oxygens (including phenoxy) is 1. The van der Waals surface area contributed by atoms with Crippen molar-refractivity contribution in [1.29, 1.82) is 0 Å². The van der Waals surface area contributed by atoms with Crippen LogP contribution in [0.4, 0.5) is 11.4 Å². The lowest BCUT2D eigenvalue weighted by molar-refractivity contribution is -0.120. The lowest BCUT2D eigenvalue weighted by Crippen LogP contribution is -2.20. The topological polar surface area (TPSA) is 105 Å². The number of benzene rings is 1. The van der Waals surface area contributed by atoms with Gasteiger partial charge < -0.3 is 20.5 Å². The van der Waals surface area contributed by atoms with E-state index < -0.39 is 11.9 Å². The van der Waals surface area contributed by atoms with E-state index >= 15 is 0 Å². The molecule has 1 rings (SSSR count). The molecule has 0 bridgehead atoms. The Kier molecular flexibility index (Phi) is 6.35. The number of carbonyl (C=O) groups is 3. The fourth-order valence-corrected chi connectivity index (χ4v) is 1.61. The molecule has 0 aliphatic rings. The average molecular weight is 294 g/mol. The minimum Gasteiger partial charge on any atom is -0.478 e. The lowest BCUT2D eigenvalue weighted by atomic mass is 10.1. The Morgan fingerprint density at radius 3 is 2.52 bits per heavy atom. The highest BCUT2D eigenvalue weighted by molar-refractivity contribution is 6.02. The first-order chi connectivity index (χ1) is 9.93. The first-order valence-corrected chi connectivity index (χ1v) is 6.46. The molecular weight excluding hydrogens is 276 g/mol. The van der Waals surface area contributed by atoms with Gasteiger partial charge in [0.15, 0.2) is 0 Å². The summed E-state index contributed by atoms with van der Waals surface area (Å²) in [6.45, 7) is 3.56. The van der Waals surface area contributed by atoms with Crippen molar-refractivity contribution in [2.24, 2.45) is 0 Å². The van der Waals surface area contributed by atoms with Crippen molar-refractivity contribution in [3.05, 3.63) is 23.8 Å². The van der Waals surface area contributed by atoms with E-state index in [-0.39, 0.29) is 23.8 Å². The predicted molar refractivity (Wildman–Crippen MR) is 77.4 cm³/mol. The Hall–Kier alpha value is -2.41. The predicted octanol–water partition coefficient (Wildman–Crippen LogP) is 1.71. The third-order valence-electron chi connectivity index (χ3n) is 2.43. The summed E-state index contributed by atoms with van der Waals surface area (Å²) >= 11 is 0. The van der Waals surface area contributed by atoms with Crippen LogP contribution in [0, 0.1) is 0 Å². The van der Waals surface area contributed by atoms with E-state index in [0.29, 0.717) is 12.3 Å². The van der Waals surface area contributed by atoms with Crippen LogP contribution in [0.15, 0.2) is 18.2 Å². The number of rotatable bonds is 7. The molecule has 0 aliphatic carbocycles. The number of amides is 2. The van der Waals surface area contributed by atoms with Crippen LogP contribution in [0.1, 0.15) is 30.6 Å². The second-order valence-electron chi connectivity index (χ2n) is 4.35. The van der Waals surface area contributed by atoms with E-state index in [1.165, 1.54) is 25.1 Å². The largest absolute Gasteiger partial charge is 0.478 e. The van der Waals surface area contributed by atoms with Gasteiger partial charge in [-0.3, -0.25) is 9.59 Å². The van der Waals surface area contributed by atoms with E-state index in [1.807, 2.05) is 6.92 Å². The normalized spacial score (nSPS) is 10.0. The SMILES string of the molecule is CCCOCC(=O)Nc1ccc(NC(C)=O)cc1C(=O)O. The van der Waals surface area contributed by atoms with Gasteiger partial charge in [-0.15, -0.1) is 0 Å². The van der Waals surface area contributed by atoms with Gasteiger partial charge in [0.05, 0.1) is 11.3 Å². The summed E-state index contributed by atoms with van der Waals surface area (Å²) in [7, 11) is 0. The van der Waals surface area contributed by atoms with Crippen LogP contribution >= 0.6 is 0 Å². The molecule has 7 nitrogen and oxygen atoms in total. The Morgan fingerprint density at radius 1 is 1.24 bits per heavy atom. The summed E-state index contributed by atoms with van der Waals surface area (Å²) in [5.74, 6) is -1.94. The monoisotopic (exact) mass is 294 g/mol. The molecule has 0 atom stereocenters. The molecule has 21 heavy (non-hydrogen) atoms. The van der Waals surface area contributed by atoms with Crippen LogP contribution in [0.2, 0.25) is 0 Å². The zero-order chi connectivity index (χ0) is 15.8. The maximum absolute atomic E-state index is 11.6. The number of nitrogens with one attached hydrogen (secondary N) is 2. The summed E-state index contributed by atoms with van der Waals surface area (Å²) in [5, 5.41) is 14.1. The second-order valence-corrected chi connectivity index (χ2v) is 4.35. The van der Waals surface area contributed by atoms with Crippen molar-refractivity contribution in [3.63, 3.8) is 0 Å². The van der Waals surface area contributed by atoms with Gasteiger partial charge in [0.25, 0.3) is 0 Å². The molecule has 0 unspecified atom stereocenters. The molecule has 0 heterocycles. The molecule has 0 saturated heterocycles. The van der Waals surface area contributed by atoms with Crippen molar-refractivity contribution in [1.82, 2.24) is 0 Å². The van der Waals surface area contributed by atoms with Crippen molar-refractivity contribution in [2.75, 3.05) is 23.8 Å². The number of carboxylic acid groups (broad SMARTS) is 1. The Balaban J connectivity index is 2.83. The first-order valence-electron chi connectivity index (χ1n) is 6.46. The van der Waals surface area contributed by atoms with E-state index in [4.69, 9.17) is 9.84 Å². The van der Waals surface area contributed by atoms with Crippen LogP contribution in [0.3, 0.4) is 0 Å². The smallest absolute Gasteiger partial charge is 0.337 e. The number of carbonyl (C=O) groups excluding carboxylic acids is 2. The molecule has 114 valence electrons. The highest BCUT2D eigenvalue weighted by atomic mass is 16.5. The number of carboxylic acids is 1. The van der Waals surface area contributed by atoms with Gasteiger partial charge in [0.1, 0.15) is 6.61 Å². The van der Waals surface area contributed by atoms with Crippen molar-refractivity contribution < 1.29 is 24.2 Å². The minimum atomic E-state index is -1.20. The van der Waals surface area contributed by atoms with Crippen molar-refractivity contribution in [3.8, 4) is 0 Å². The minimum absolute atomic E-state index is 0.106. The number of anilines is 2. The first kappa shape index (κ1) is 16.6. The quantitative estimate of drug-likeness (QED) is 0.664. The molecule has 7 heteroatoms. The van der Waals surface area contributed by atoms with E-state index in [9.17, 15) is 14.4 Å². The van der Waals surface area contributed by atoms with Crippen LogP contribution in [0.25, 0.3) is 0 Å². The average Bonchev–Trinajstić information content (AvgIpc) is 2.40. The second kappa shape index (κ2) is 8.01. The van der Waals surface area contributed by atoms with Crippen LogP contribution < -0.4 is 10.6 Å².